The molecule has 0 aliphatic heterocycles. The Balaban J connectivity index is 1.67. The van der Waals surface area contributed by atoms with E-state index in [0.29, 0.717) is 39.1 Å². The molecular formula is C24H21ClN2O3. The topological polar surface area (TPSA) is 64.4 Å². The number of aromatic nitrogens is 1. The number of fused-ring (bicyclic) bond motifs is 1. The molecule has 0 aliphatic rings. The van der Waals surface area contributed by atoms with Crippen LogP contribution < -0.4 is 10.1 Å². The van der Waals surface area contributed by atoms with Crippen molar-refractivity contribution >= 4 is 34.3 Å². The van der Waals surface area contributed by atoms with Crippen molar-refractivity contribution in [3.63, 3.8) is 0 Å². The molecule has 1 amide bonds. The number of amides is 1. The summed E-state index contributed by atoms with van der Waals surface area (Å²) in [6.45, 7) is 3.99. The highest BCUT2D eigenvalue weighted by molar-refractivity contribution is 6.33. The Morgan fingerprint density at radius 1 is 1.17 bits per heavy atom. The first-order valence-electron chi connectivity index (χ1n) is 9.64. The molecule has 1 N–H and O–H groups in total. The van der Waals surface area contributed by atoms with Crippen LogP contribution in [0.25, 0.3) is 22.6 Å². The second kappa shape index (κ2) is 8.20. The predicted octanol–water partition coefficient (Wildman–Crippen LogP) is 6.28. The zero-order valence-corrected chi connectivity index (χ0v) is 17.7. The van der Waals surface area contributed by atoms with Crippen molar-refractivity contribution in [2.75, 3.05) is 12.4 Å². The van der Waals surface area contributed by atoms with E-state index in [1.165, 1.54) is 5.56 Å². The fourth-order valence-electron chi connectivity index (χ4n) is 3.38. The molecule has 0 saturated heterocycles. The summed E-state index contributed by atoms with van der Waals surface area (Å²) in [5.41, 5.74) is 5.19. The molecule has 0 saturated carbocycles. The lowest BCUT2D eigenvalue weighted by Gasteiger charge is -2.12. The van der Waals surface area contributed by atoms with Crippen molar-refractivity contribution in [3.8, 4) is 17.2 Å². The van der Waals surface area contributed by atoms with Crippen molar-refractivity contribution in [3.05, 3.63) is 76.3 Å². The van der Waals surface area contributed by atoms with Crippen LogP contribution in [0.4, 0.5) is 5.69 Å². The third-order valence-corrected chi connectivity index (χ3v) is 5.31. The van der Waals surface area contributed by atoms with Gasteiger partial charge in [-0.3, -0.25) is 4.79 Å². The zero-order chi connectivity index (χ0) is 21.3. The summed E-state index contributed by atoms with van der Waals surface area (Å²) in [7, 11) is 1.55. The molecule has 0 atom stereocenters. The lowest BCUT2D eigenvalue weighted by molar-refractivity contribution is 0.102. The maximum Gasteiger partial charge on any atom is 0.259 e. The number of anilines is 1. The first-order chi connectivity index (χ1) is 14.5. The summed E-state index contributed by atoms with van der Waals surface area (Å²) in [5.74, 6) is 0.691. The average molecular weight is 421 g/mol. The molecule has 0 unspecified atom stereocenters. The van der Waals surface area contributed by atoms with Crippen molar-refractivity contribution < 1.29 is 13.9 Å². The fraction of sp³-hybridized carbons (Fsp3) is 0.167. The van der Waals surface area contributed by atoms with Gasteiger partial charge in [0.2, 0.25) is 5.89 Å². The largest absolute Gasteiger partial charge is 0.496 e. The number of nitrogens with zero attached hydrogens (tertiary/aromatic N) is 1. The van der Waals surface area contributed by atoms with E-state index < -0.39 is 0 Å². The number of hydrogen-bond acceptors (Lipinski definition) is 4. The maximum atomic E-state index is 12.8. The molecular weight excluding hydrogens is 400 g/mol. The number of nitrogens with one attached hydrogen (secondary N) is 1. The van der Waals surface area contributed by atoms with E-state index in [1.807, 2.05) is 37.3 Å². The van der Waals surface area contributed by atoms with Gasteiger partial charge in [0, 0.05) is 5.69 Å². The Hall–Kier alpha value is -3.31. The van der Waals surface area contributed by atoms with E-state index in [9.17, 15) is 4.79 Å². The molecule has 30 heavy (non-hydrogen) atoms. The van der Waals surface area contributed by atoms with Crippen LogP contribution in [-0.4, -0.2) is 18.0 Å². The molecule has 6 heteroatoms. The number of oxazole rings is 1. The molecule has 1 aromatic heterocycles. The summed E-state index contributed by atoms with van der Waals surface area (Å²) in [6, 6.07) is 16.6. The Morgan fingerprint density at radius 3 is 2.77 bits per heavy atom. The number of methoxy groups -OCH3 is 1. The quantitative estimate of drug-likeness (QED) is 0.412. The van der Waals surface area contributed by atoms with Crippen molar-refractivity contribution in [2.45, 2.75) is 20.3 Å². The van der Waals surface area contributed by atoms with E-state index >= 15 is 0 Å². The zero-order valence-electron chi connectivity index (χ0n) is 17.0. The minimum atomic E-state index is -0.269. The number of ether oxygens (including phenoxy) is 1. The minimum Gasteiger partial charge on any atom is -0.496 e. The van der Waals surface area contributed by atoms with Gasteiger partial charge < -0.3 is 14.5 Å². The number of halogens is 1. The van der Waals surface area contributed by atoms with E-state index in [4.69, 9.17) is 20.8 Å². The third-order valence-electron chi connectivity index (χ3n) is 4.98. The summed E-state index contributed by atoms with van der Waals surface area (Å²) < 4.78 is 11.3. The molecule has 3 aromatic carbocycles. The Bertz CT molecular complexity index is 1250. The molecule has 5 nitrogen and oxygen atoms in total. The number of carbonyl (C=O) groups is 1. The monoisotopic (exact) mass is 420 g/mol. The third kappa shape index (κ3) is 3.76. The van der Waals surface area contributed by atoms with Gasteiger partial charge in [-0.15, -0.1) is 0 Å². The molecule has 152 valence electrons. The first kappa shape index (κ1) is 20.0. The van der Waals surface area contributed by atoms with E-state index in [1.54, 1.807) is 31.4 Å². The molecule has 4 rings (SSSR count). The lowest BCUT2D eigenvalue weighted by Crippen LogP contribution is -2.13. The van der Waals surface area contributed by atoms with Gasteiger partial charge >= 0.3 is 0 Å². The fourth-order valence-corrected chi connectivity index (χ4v) is 3.57. The normalized spacial score (nSPS) is 10.9. The highest BCUT2D eigenvalue weighted by Gasteiger charge is 2.17. The van der Waals surface area contributed by atoms with Gasteiger partial charge in [0.15, 0.2) is 5.58 Å². The number of hydrogen-bond donors (Lipinski definition) is 1. The van der Waals surface area contributed by atoms with Gasteiger partial charge in [-0.2, -0.15) is 0 Å². The van der Waals surface area contributed by atoms with Gasteiger partial charge in [-0.25, -0.2) is 4.98 Å². The summed E-state index contributed by atoms with van der Waals surface area (Å²) in [6.07, 6.45) is 0.919. The second-order valence-electron chi connectivity index (χ2n) is 6.98. The number of aryl methyl sites for hydroxylation is 2. The highest BCUT2D eigenvalue weighted by atomic mass is 35.5. The number of carbonyl (C=O) groups excluding carboxylic acids is 1. The molecule has 0 spiro atoms. The van der Waals surface area contributed by atoms with E-state index in [2.05, 4.69) is 17.2 Å². The first-order valence-corrected chi connectivity index (χ1v) is 10.0. The van der Waals surface area contributed by atoms with Gasteiger partial charge in [-0.1, -0.05) is 36.7 Å². The Labute approximate surface area is 179 Å². The molecule has 0 fully saturated rings. The van der Waals surface area contributed by atoms with Crippen molar-refractivity contribution in [2.24, 2.45) is 0 Å². The SMILES string of the molecule is CCc1ccc2oc(-c3cc(NC(=O)c4cccc(C)c4OC)ccc3Cl)nc2c1. The van der Waals surface area contributed by atoms with Crippen LogP contribution in [0.3, 0.4) is 0 Å². The van der Waals surface area contributed by atoms with Gasteiger partial charge in [-0.05, 0) is 60.9 Å². The van der Waals surface area contributed by atoms with Gasteiger partial charge in [0.25, 0.3) is 5.91 Å². The predicted molar refractivity (Wildman–Crippen MR) is 120 cm³/mol. The minimum absolute atomic E-state index is 0.269. The molecule has 1 heterocycles. The van der Waals surface area contributed by atoms with Crippen LogP contribution in [0, 0.1) is 6.92 Å². The standard InChI is InChI=1S/C24H21ClN2O3/c1-4-15-8-11-21-20(12-15)27-24(30-21)18-13-16(9-10-19(18)25)26-23(28)17-7-5-6-14(2)22(17)29-3/h5-13H,4H2,1-3H3,(H,26,28). The summed E-state index contributed by atoms with van der Waals surface area (Å²) in [4.78, 5) is 17.4. The summed E-state index contributed by atoms with van der Waals surface area (Å²) in [5, 5.41) is 3.39. The van der Waals surface area contributed by atoms with Crippen LogP contribution in [0.15, 0.2) is 59.0 Å². The van der Waals surface area contributed by atoms with E-state index in [-0.39, 0.29) is 5.91 Å². The molecule has 4 aromatic rings. The lowest BCUT2D eigenvalue weighted by atomic mass is 10.1. The maximum absolute atomic E-state index is 12.8. The molecule has 0 radical (unpaired) electrons. The Morgan fingerprint density at radius 2 is 2.00 bits per heavy atom. The van der Waals surface area contributed by atoms with Crippen molar-refractivity contribution in [1.82, 2.24) is 4.98 Å². The van der Waals surface area contributed by atoms with E-state index in [0.717, 1.165) is 17.5 Å². The number of rotatable bonds is 5. The number of benzene rings is 3. The second-order valence-corrected chi connectivity index (χ2v) is 7.39. The highest BCUT2D eigenvalue weighted by Crippen LogP contribution is 2.33. The molecule has 0 aliphatic carbocycles. The van der Waals surface area contributed by atoms with Crippen LogP contribution in [-0.2, 0) is 6.42 Å². The van der Waals surface area contributed by atoms with Crippen LogP contribution in [0.1, 0.15) is 28.4 Å². The van der Waals surface area contributed by atoms with Crippen LogP contribution >= 0.6 is 11.6 Å². The van der Waals surface area contributed by atoms with Crippen molar-refractivity contribution in [1.29, 1.82) is 0 Å². The van der Waals surface area contributed by atoms with Crippen LogP contribution in [0.2, 0.25) is 5.02 Å². The van der Waals surface area contributed by atoms with Gasteiger partial charge in [0.05, 0.1) is 23.3 Å². The smallest absolute Gasteiger partial charge is 0.259 e. The van der Waals surface area contributed by atoms with Crippen LogP contribution in [0.5, 0.6) is 5.75 Å². The number of para-hydroxylation sites is 1. The average Bonchev–Trinajstić information content (AvgIpc) is 3.17. The Kier molecular flexibility index (Phi) is 5.46. The summed E-state index contributed by atoms with van der Waals surface area (Å²) >= 11 is 6.41. The molecule has 0 bridgehead atoms. The van der Waals surface area contributed by atoms with Gasteiger partial charge in [0.1, 0.15) is 11.3 Å².